The number of amides is 1. The first kappa shape index (κ1) is 18.2. The molecule has 1 amide bonds. The fourth-order valence-corrected chi connectivity index (χ4v) is 3.76. The molecule has 0 bridgehead atoms. The summed E-state index contributed by atoms with van der Waals surface area (Å²) >= 11 is 0. The van der Waals surface area contributed by atoms with Crippen LogP contribution >= 0.6 is 12.4 Å². The molecule has 0 unspecified atom stereocenters. The van der Waals surface area contributed by atoms with Crippen molar-refractivity contribution < 1.29 is 4.79 Å². The van der Waals surface area contributed by atoms with Crippen LogP contribution in [0, 0.1) is 11.3 Å². The third kappa shape index (κ3) is 3.14. The van der Waals surface area contributed by atoms with Gasteiger partial charge in [-0.1, -0.05) is 24.3 Å². The van der Waals surface area contributed by atoms with Crippen molar-refractivity contribution in [1.29, 1.82) is 5.26 Å². The van der Waals surface area contributed by atoms with Gasteiger partial charge in [0.2, 0.25) is 0 Å². The summed E-state index contributed by atoms with van der Waals surface area (Å²) in [5.74, 6) is 0.120. The molecular weight excluding hydrogens is 348 g/mol. The lowest BCUT2D eigenvalue weighted by atomic mass is 9.84. The average molecular weight is 369 g/mol. The highest BCUT2D eigenvalue weighted by molar-refractivity contribution is 6.07. The van der Waals surface area contributed by atoms with Crippen LogP contribution in [-0.4, -0.2) is 24.5 Å². The van der Waals surface area contributed by atoms with Crippen molar-refractivity contribution in [3.05, 3.63) is 59.7 Å². The number of nitriles is 1. The molecule has 2 aromatic carbocycles. The number of nitrogens with one attached hydrogen (secondary N) is 2. The normalized spacial score (nSPS) is 17.7. The summed E-state index contributed by atoms with van der Waals surface area (Å²) in [7, 11) is 0. The molecule has 1 fully saturated rings. The monoisotopic (exact) mass is 368 g/mol. The fourth-order valence-electron chi connectivity index (χ4n) is 3.76. The molecule has 2 aliphatic heterocycles. The molecule has 4 rings (SSSR count). The van der Waals surface area contributed by atoms with Gasteiger partial charge in [-0.15, -0.1) is 12.4 Å². The maximum Gasteiger partial charge on any atom is 0.253 e. The number of nitrogens with zero attached hydrogens (tertiary/aromatic N) is 2. The van der Waals surface area contributed by atoms with Crippen LogP contribution in [0.2, 0.25) is 0 Å². The third-order valence-electron chi connectivity index (χ3n) is 5.08. The Labute approximate surface area is 159 Å². The Bertz CT molecular complexity index is 855. The van der Waals surface area contributed by atoms with Gasteiger partial charge < -0.3 is 15.5 Å². The zero-order valence-electron chi connectivity index (χ0n) is 14.4. The van der Waals surface area contributed by atoms with Crippen LogP contribution in [0.1, 0.15) is 24.0 Å². The third-order valence-corrected chi connectivity index (χ3v) is 5.08. The lowest BCUT2D eigenvalue weighted by molar-refractivity contribution is -0.124. The highest BCUT2D eigenvalue weighted by Gasteiger charge is 2.46. The zero-order valence-corrected chi connectivity index (χ0v) is 15.2. The average Bonchev–Trinajstić information content (AvgIpc) is 2.66. The quantitative estimate of drug-likeness (QED) is 0.854. The molecule has 2 heterocycles. The van der Waals surface area contributed by atoms with Gasteiger partial charge in [0.25, 0.3) is 5.91 Å². The van der Waals surface area contributed by atoms with Crippen LogP contribution in [0.15, 0.2) is 48.5 Å². The Kier molecular flexibility index (Phi) is 5.17. The largest absolute Gasteiger partial charge is 0.369 e. The van der Waals surface area contributed by atoms with Crippen LogP contribution in [0.5, 0.6) is 0 Å². The van der Waals surface area contributed by atoms with Crippen molar-refractivity contribution in [2.24, 2.45) is 0 Å². The van der Waals surface area contributed by atoms with Crippen LogP contribution in [0.3, 0.4) is 0 Å². The van der Waals surface area contributed by atoms with Gasteiger partial charge in [-0.05, 0) is 55.8 Å². The molecule has 0 aliphatic carbocycles. The number of piperidine rings is 1. The van der Waals surface area contributed by atoms with E-state index in [1.165, 1.54) is 0 Å². The van der Waals surface area contributed by atoms with Crippen LogP contribution in [0.25, 0.3) is 0 Å². The highest BCUT2D eigenvalue weighted by Crippen LogP contribution is 2.39. The second-order valence-electron chi connectivity index (χ2n) is 6.68. The van der Waals surface area contributed by atoms with Crippen molar-refractivity contribution in [2.45, 2.75) is 24.9 Å². The summed E-state index contributed by atoms with van der Waals surface area (Å²) in [6, 6.07) is 17.6. The minimum absolute atomic E-state index is 0. The number of benzene rings is 2. The number of carbonyl (C=O) groups is 1. The van der Waals surface area contributed by atoms with E-state index in [1.54, 1.807) is 6.07 Å². The van der Waals surface area contributed by atoms with Crippen molar-refractivity contribution in [3.63, 3.8) is 0 Å². The van der Waals surface area contributed by atoms with Crippen LogP contribution < -0.4 is 15.5 Å². The van der Waals surface area contributed by atoms with Gasteiger partial charge in [-0.3, -0.25) is 4.79 Å². The van der Waals surface area contributed by atoms with E-state index in [4.69, 9.17) is 5.26 Å². The zero-order chi connectivity index (χ0) is 17.3. The number of anilines is 2. The van der Waals surface area contributed by atoms with Crippen molar-refractivity contribution >= 4 is 29.7 Å². The highest BCUT2D eigenvalue weighted by atomic mass is 35.5. The predicted molar refractivity (Wildman–Crippen MR) is 104 cm³/mol. The number of fused-ring (bicyclic) bond motifs is 1. The van der Waals surface area contributed by atoms with Gasteiger partial charge in [0.15, 0.2) is 0 Å². The number of hydrogen-bond donors (Lipinski definition) is 2. The minimum Gasteiger partial charge on any atom is -0.369 e. The lowest BCUT2D eigenvalue weighted by Gasteiger charge is -2.46. The lowest BCUT2D eigenvalue weighted by Crippen LogP contribution is -2.61. The molecule has 1 spiro atoms. The number of carbonyl (C=O) groups excluding carboxylic acids is 1. The fraction of sp³-hybridized carbons (Fsp3) is 0.300. The van der Waals surface area contributed by atoms with Crippen molar-refractivity contribution in [1.82, 2.24) is 5.32 Å². The summed E-state index contributed by atoms with van der Waals surface area (Å²) in [6.45, 7) is 2.14. The van der Waals surface area contributed by atoms with E-state index in [0.717, 1.165) is 42.9 Å². The second kappa shape index (κ2) is 7.36. The van der Waals surface area contributed by atoms with Gasteiger partial charge in [-0.2, -0.15) is 5.26 Å². The molecule has 0 aromatic heterocycles. The number of halogens is 1. The van der Waals surface area contributed by atoms with E-state index in [1.807, 2.05) is 47.4 Å². The Hall–Kier alpha value is -2.55. The number of hydrogen-bond acceptors (Lipinski definition) is 4. The smallest absolute Gasteiger partial charge is 0.253 e. The van der Waals surface area contributed by atoms with Crippen molar-refractivity contribution in [2.75, 3.05) is 23.3 Å². The van der Waals surface area contributed by atoms with Gasteiger partial charge >= 0.3 is 0 Å². The summed E-state index contributed by atoms with van der Waals surface area (Å²) in [4.78, 5) is 15.3. The molecule has 0 radical (unpaired) electrons. The summed E-state index contributed by atoms with van der Waals surface area (Å²) < 4.78 is 0. The molecule has 5 nitrogen and oxygen atoms in total. The SMILES string of the molecule is Cl.N#Cc1cccc(CN2C(=O)C3(CCNCC3)Nc3ccccc32)c1. The number of rotatable bonds is 2. The Morgan fingerprint density at radius 1 is 1.12 bits per heavy atom. The maximum atomic E-state index is 13.4. The Balaban J connectivity index is 0.00000196. The predicted octanol–water partition coefficient (Wildman–Crippen LogP) is 3.06. The molecular formula is C20H21ClN4O. The second-order valence-corrected chi connectivity index (χ2v) is 6.68. The van der Waals surface area contributed by atoms with Crippen LogP contribution in [-0.2, 0) is 11.3 Å². The number of para-hydroxylation sites is 2. The van der Waals surface area contributed by atoms with E-state index in [-0.39, 0.29) is 18.3 Å². The van der Waals surface area contributed by atoms with E-state index in [9.17, 15) is 4.79 Å². The first-order chi connectivity index (χ1) is 12.2. The molecule has 0 saturated carbocycles. The Morgan fingerprint density at radius 3 is 2.65 bits per heavy atom. The molecule has 26 heavy (non-hydrogen) atoms. The van der Waals surface area contributed by atoms with Crippen LogP contribution in [0.4, 0.5) is 11.4 Å². The summed E-state index contributed by atoms with van der Waals surface area (Å²) in [6.07, 6.45) is 1.55. The Morgan fingerprint density at radius 2 is 1.88 bits per heavy atom. The molecule has 2 aliphatic rings. The van der Waals surface area contributed by atoms with E-state index >= 15 is 0 Å². The first-order valence-electron chi connectivity index (χ1n) is 8.61. The summed E-state index contributed by atoms with van der Waals surface area (Å²) in [5.41, 5.74) is 2.95. The van der Waals surface area contributed by atoms with E-state index in [2.05, 4.69) is 16.7 Å². The molecule has 2 N–H and O–H groups in total. The topological polar surface area (TPSA) is 68.2 Å². The molecule has 2 aromatic rings. The molecule has 6 heteroatoms. The van der Waals surface area contributed by atoms with E-state index in [0.29, 0.717) is 12.1 Å². The van der Waals surface area contributed by atoms with Crippen molar-refractivity contribution in [3.8, 4) is 6.07 Å². The van der Waals surface area contributed by atoms with Gasteiger partial charge in [-0.25, -0.2) is 0 Å². The molecule has 1 saturated heterocycles. The van der Waals surface area contributed by atoms with Gasteiger partial charge in [0, 0.05) is 0 Å². The first-order valence-corrected chi connectivity index (χ1v) is 8.61. The standard InChI is InChI=1S/C20H20N4O.ClH/c21-13-15-4-3-5-16(12-15)14-24-18-7-2-1-6-17(18)23-20(19(24)25)8-10-22-11-9-20;/h1-7,12,22-23H,8-11,14H2;1H. The molecule has 0 atom stereocenters. The summed E-state index contributed by atoms with van der Waals surface area (Å²) in [5, 5.41) is 16.0. The van der Waals surface area contributed by atoms with Gasteiger partial charge in [0.05, 0.1) is 29.6 Å². The molecule has 134 valence electrons. The maximum absolute atomic E-state index is 13.4. The minimum atomic E-state index is -0.535. The van der Waals surface area contributed by atoms with E-state index < -0.39 is 5.54 Å². The van der Waals surface area contributed by atoms with Gasteiger partial charge in [0.1, 0.15) is 5.54 Å².